The van der Waals surface area contributed by atoms with E-state index in [9.17, 15) is 0 Å². The molecule has 0 saturated heterocycles. The molecular formula is C12H14N6S. The maximum Gasteiger partial charge on any atom is 0.180 e. The number of aromatic amines is 1. The number of H-pyrrole nitrogens is 1. The van der Waals surface area contributed by atoms with Crippen molar-refractivity contribution in [2.75, 3.05) is 12.4 Å². The second-order valence-electron chi connectivity index (χ2n) is 4.26. The third kappa shape index (κ3) is 2.18. The summed E-state index contributed by atoms with van der Waals surface area (Å²) in [6.07, 6.45) is 0. The van der Waals surface area contributed by atoms with E-state index in [4.69, 9.17) is 5.73 Å². The molecule has 0 amide bonds. The van der Waals surface area contributed by atoms with Crippen LogP contribution in [0.15, 0.2) is 17.5 Å². The number of imidazole rings is 1. The summed E-state index contributed by atoms with van der Waals surface area (Å²) in [6, 6.07) is 3.79. The quantitative estimate of drug-likeness (QED) is 0.680. The van der Waals surface area contributed by atoms with Gasteiger partial charge in [-0.05, 0) is 19.1 Å². The van der Waals surface area contributed by atoms with Gasteiger partial charge in [-0.15, -0.1) is 11.3 Å². The van der Waals surface area contributed by atoms with Crippen LogP contribution in [0.4, 0.5) is 5.82 Å². The molecule has 3 rings (SSSR count). The van der Waals surface area contributed by atoms with Gasteiger partial charge in [-0.3, -0.25) is 0 Å². The molecule has 0 aliphatic heterocycles. The number of hydrogen-bond donors (Lipinski definition) is 3. The fraction of sp³-hybridized carbons (Fsp3) is 0.250. The van der Waals surface area contributed by atoms with Gasteiger partial charge in [-0.25, -0.2) is 15.0 Å². The van der Waals surface area contributed by atoms with Gasteiger partial charge in [0.1, 0.15) is 16.5 Å². The Kier molecular flexibility index (Phi) is 2.92. The number of fused-ring (bicyclic) bond motifs is 1. The monoisotopic (exact) mass is 274 g/mol. The number of pyridine rings is 1. The molecule has 0 aliphatic carbocycles. The van der Waals surface area contributed by atoms with E-state index in [0.29, 0.717) is 5.65 Å². The Bertz CT molecular complexity index is 714. The SMILES string of the molecule is CNc1ccc2[nH]c(-c3csc(C(C)N)n3)nc2n1. The van der Waals surface area contributed by atoms with Gasteiger partial charge in [0.2, 0.25) is 0 Å². The van der Waals surface area contributed by atoms with Crippen LogP contribution in [0.25, 0.3) is 22.7 Å². The van der Waals surface area contributed by atoms with Crippen LogP contribution < -0.4 is 11.1 Å². The van der Waals surface area contributed by atoms with Gasteiger partial charge in [-0.2, -0.15) is 0 Å². The van der Waals surface area contributed by atoms with E-state index in [1.165, 1.54) is 0 Å². The summed E-state index contributed by atoms with van der Waals surface area (Å²) in [4.78, 5) is 16.5. The molecule has 0 spiro atoms. The molecule has 0 aliphatic rings. The van der Waals surface area contributed by atoms with Crippen molar-refractivity contribution in [1.29, 1.82) is 0 Å². The fourth-order valence-corrected chi connectivity index (χ4v) is 2.52. The van der Waals surface area contributed by atoms with Gasteiger partial charge in [-0.1, -0.05) is 0 Å². The minimum Gasteiger partial charge on any atom is -0.373 e. The number of nitrogens with one attached hydrogen (secondary N) is 2. The molecule has 0 radical (unpaired) electrons. The highest BCUT2D eigenvalue weighted by molar-refractivity contribution is 7.10. The number of nitrogens with zero attached hydrogens (tertiary/aromatic N) is 3. The minimum atomic E-state index is -0.0582. The first-order valence-electron chi connectivity index (χ1n) is 5.93. The van der Waals surface area contributed by atoms with E-state index < -0.39 is 0 Å². The number of anilines is 1. The van der Waals surface area contributed by atoms with Crippen molar-refractivity contribution in [2.24, 2.45) is 5.73 Å². The summed E-state index contributed by atoms with van der Waals surface area (Å²) in [5, 5.41) is 5.85. The van der Waals surface area contributed by atoms with Gasteiger partial charge in [0, 0.05) is 12.4 Å². The smallest absolute Gasteiger partial charge is 0.180 e. The van der Waals surface area contributed by atoms with Gasteiger partial charge >= 0.3 is 0 Å². The third-order valence-electron chi connectivity index (χ3n) is 2.76. The highest BCUT2D eigenvalue weighted by Gasteiger charge is 2.12. The predicted molar refractivity (Wildman–Crippen MR) is 77.1 cm³/mol. The molecule has 0 bridgehead atoms. The molecule has 0 aromatic carbocycles. The highest BCUT2D eigenvalue weighted by atomic mass is 32.1. The standard InChI is InChI=1S/C12H14N6S/c1-6(13)12-16-8(5-19-12)11-15-7-3-4-9(14-2)17-10(7)18-11/h3-6H,13H2,1-2H3,(H2,14,15,17,18). The van der Waals surface area contributed by atoms with Gasteiger partial charge < -0.3 is 16.0 Å². The van der Waals surface area contributed by atoms with Crippen LogP contribution in [0.5, 0.6) is 0 Å². The van der Waals surface area contributed by atoms with Crippen LogP contribution >= 0.6 is 11.3 Å². The zero-order chi connectivity index (χ0) is 13.4. The Morgan fingerprint density at radius 3 is 2.84 bits per heavy atom. The number of rotatable bonds is 3. The second-order valence-corrected chi connectivity index (χ2v) is 5.15. The number of hydrogen-bond acceptors (Lipinski definition) is 6. The Balaban J connectivity index is 2.04. The summed E-state index contributed by atoms with van der Waals surface area (Å²) < 4.78 is 0. The summed E-state index contributed by atoms with van der Waals surface area (Å²) >= 11 is 1.54. The lowest BCUT2D eigenvalue weighted by molar-refractivity contribution is 0.807. The van der Waals surface area contributed by atoms with Crippen molar-refractivity contribution >= 4 is 28.3 Å². The number of thiazole rings is 1. The molecular weight excluding hydrogens is 260 g/mol. The molecule has 7 heteroatoms. The molecule has 1 unspecified atom stereocenters. The molecule has 19 heavy (non-hydrogen) atoms. The highest BCUT2D eigenvalue weighted by Crippen LogP contribution is 2.24. The van der Waals surface area contributed by atoms with E-state index in [0.717, 1.165) is 27.9 Å². The van der Waals surface area contributed by atoms with Gasteiger partial charge in [0.25, 0.3) is 0 Å². The molecule has 0 saturated carbocycles. The maximum atomic E-state index is 5.81. The summed E-state index contributed by atoms with van der Waals surface area (Å²) in [6.45, 7) is 1.92. The minimum absolute atomic E-state index is 0.0582. The third-order valence-corrected chi connectivity index (χ3v) is 3.80. The van der Waals surface area contributed by atoms with E-state index in [-0.39, 0.29) is 6.04 Å². The van der Waals surface area contributed by atoms with Crippen molar-refractivity contribution in [3.05, 3.63) is 22.5 Å². The molecule has 6 nitrogen and oxygen atoms in total. The van der Waals surface area contributed by atoms with Crippen molar-refractivity contribution in [2.45, 2.75) is 13.0 Å². The Hall–Kier alpha value is -1.99. The number of aromatic nitrogens is 4. The predicted octanol–water partition coefficient (Wildman–Crippen LogP) is 2.14. The van der Waals surface area contributed by atoms with Crippen LogP contribution in [0.3, 0.4) is 0 Å². The maximum absolute atomic E-state index is 5.81. The summed E-state index contributed by atoms with van der Waals surface area (Å²) in [7, 11) is 1.83. The largest absolute Gasteiger partial charge is 0.373 e. The normalized spacial score (nSPS) is 12.8. The van der Waals surface area contributed by atoms with Crippen LogP contribution in [-0.4, -0.2) is 27.0 Å². The summed E-state index contributed by atoms with van der Waals surface area (Å²) in [5.74, 6) is 1.51. The first-order chi connectivity index (χ1) is 9.17. The molecule has 1 atom stereocenters. The van der Waals surface area contributed by atoms with E-state index in [1.54, 1.807) is 11.3 Å². The lowest BCUT2D eigenvalue weighted by atomic mass is 10.4. The first kappa shape index (κ1) is 12.1. The van der Waals surface area contributed by atoms with Crippen LogP contribution in [-0.2, 0) is 0 Å². The van der Waals surface area contributed by atoms with E-state index in [2.05, 4.69) is 25.3 Å². The van der Waals surface area contributed by atoms with Crippen LogP contribution in [0.2, 0.25) is 0 Å². The average molecular weight is 274 g/mol. The summed E-state index contributed by atoms with van der Waals surface area (Å²) in [5.41, 5.74) is 8.19. The molecule has 0 fully saturated rings. The van der Waals surface area contributed by atoms with Gasteiger partial charge in [0.05, 0.1) is 11.6 Å². The molecule has 98 valence electrons. The average Bonchev–Trinajstić information content (AvgIpc) is 3.04. The number of nitrogens with two attached hydrogens (primary N) is 1. The van der Waals surface area contributed by atoms with Crippen molar-refractivity contribution in [3.8, 4) is 11.5 Å². The molecule has 3 aromatic heterocycles. The zero-order valence-corrected chi connectivity index (χ0v) is 11.5. The van der Waals surface area contributed by atoms with E-state index in [1.807, 2.05) is 31.5 Å². The lowest BCUT2D eigenvalue weighted by Crippen LogP contribution is -2.03. The lowest BCUT2D eigenvalue weighted by Gasteiger charge is -1.96. The van der Waals surface area contributed by atoms with Crippen molar-refractivity contribution in [1.82, 2.24) is 19.9 Å². The van der Waals surface area contributed by atoms with Gasteiger partial charge in [0.15, 0.2) is 11.5 Å². The van der Waals surface area contributed by atoms with E-state index >= 15 is 0 Å². The van der Waals surface area contributed by atoms with Crippen molar-refractivity contribution in [3.63, 3.8) is 0 Å². The zero-order valence-electron chi connectivity index (χ0n) is 10.6. The molecule has 4 N–H and O–H groups in total. The van der Waals surface area contributed by atoms with Crippen molar-refractivity contribution < 1.29 is 0 Å². The fourth-order valence-electron chi connectivity index (χ4n) is 1.76. The van der Waals surface area contributed by atoms with Crippen LogP contribution in [0, 0.1) is 0 Å². The molecule has 3 aromatic rings. The Morgan fingerprint density at radius 1 is 1.32 bits per heavy atom. The van der Waals surface area contributed by atoms with Crippen LogP contribution in [0.1, 0.15) is 18.0 Å². The Labute approximate surface area is 114 Å². The Morgan fingerprint density at radius 2 is 2.16 bits per heavy atom. The second kappa shape index (κ2) is 4.60. The first-order valence-corrected chi connectivity index (χ1v) is 6.81. The molecule has 3 heterocycles. The topological polar surface area (TPSA) is 92.5 Å².